The molecular weight excluding hydrogens is 172 g/mol. The first-order chi connectivity index (χ1) is 6.27. The number of hydrogen-bond donors (Lipinski definition) is 0. The summed E-state index contributed by atoms with van der Waals surface area (Å²) in [6, 6.07) is 1.49. The van der Waals surface area contributed by atoms with E-state index >= 15 is 0 Å². The van der Waals surface area contributed by atoms with Crippen LogP contribution in [0, 0.1) is 0 Å². The van der Waals surface area contributed by atoms with Crippen LogP contribution in [0.4, 0.5) is 4.79 Å². The van der Waals surface area contributed by atoms with Gasteiger partial charge in [0.25, 0.3) is 0 Å². The summed E-state index contributed by atoms with van der Waals surface area (Å²) in [7, 11) is 0. The number of carbonyl (C=O) groups is 1. The summed E-state index contributed by atoms with van der Waals surface area (Å²) < 4.78 is 9.48. The Morgan fingerprint density at radius 3 is 2.77 bits per heavy atom. The van der Waals surface area contributed by atoms with Crippen molar-refractivity contribution in [3.05, 3.63) is 12.3 Å². The second-order valence-electron chi connectivity index (χ2n) is 2.37. The second kappa shape index (κ2) is 4.49. The van der Waals surface area contributed by atoms with Gasteiger partial charge in [0.2, 0.25) is 0 Å². The van der Waals surface area contributed by atoms with Gasteiger partial charge in [-0.15, -0.1) is 0 Å². The molecule has 0 unspecified atom stereocenters. The number of aromatic nitrogens is 1. The van der Waals surface area contributed by atoms with Crippen molar-refractivity contribution in [1.29, 1.82) is 0 Å². The Labute approximate surface area is 76.3 Å². The Bertz CT molecular complexity index is 254. The van der Waals surface area contributed by atoms with Crippen molar-refractivity contribution in [1.82, 2.24) is 10.1 Å². The first kappa shape index (κ1) is 9.57. The Balaban J connectivity index is 2.49. The molecule has 5 nitrogen and oxygen atoms in total. The van der Waals surface area contributed by atoms with E-state index in [0.717, 1.165) is 0 Å². The molecule has 0 saturated heterocycles. The molecule has 0 spiro atoms. The Kier molecular flexibility index (Phi) is 3.31. The van der Waals surface area contributed by atoms with Crippen molar-refractivity contribution in [2.45, 2.75) is 13.8 Å². The van der Waals surface area contributed by atoms with E-state index in [1.165, 1.54) is 12.3 Å². The van der Waals surface area contributed by atoms with Crippen LogP contribution in [0.2, 0.25) is 0 Å². The van der Waals surface area contributed by atoms with Crippen molar-refractivity contribution in [2.75, 3.05) is 13.1 Å². The van der Waals surface area contributed by atoms with Crippen molar-refractivity contribution in [3.63, 3.8) is 0 Å². The van der Waals surface area contributed by atoms with Crippen molar-refractivity contribution >= 4 is 6.09 Å². The van der Waals surface area contributed by atoms with Gasteiger partial charge in [-0.05, 0) is 13.8 Å². The molecular formula is C8H12N2O3. The first-order valence-corrected chi connectivity index (χ1v) is 4.15. The molecule has 0 N–H and O–H groups in total. The minimum Gasteiger partial charge on any atom is -0.374 e. The van der Waals surface area contributed by atoms with Crippen molar-refractivity contribution < 1.29 is 14.1 Å². The molecule has 13 heavy (non-hydrogen) atoms. The van der Waals surface area contributed by atoms with Crippen LogP contribution < -0.4 is 4.74 Å². The Morgan fingerprint density at radius 1 is 1.62 bits per heavy atom. The standard InChI is InChI=1S/C8H12N2O3/c1-3-10(4-2)8(11)12-7-5-6-9-13-7/h5-6H,3-4H2,1-2H3. The van der Waals surface area contributed by atoms with Gasteiger partial charge < -0.3 is 14.2 Å². The lowest BCUT2D eigenvalue weighted by Crippen LogP contribution is -2.32. The van der Waals surface area contributed by atoms with E-state index in [1.807, 2.05) is 13.8 Å². The average Bonchev–Trinajstić information content (AvgIpc) is 2.59. The van der Waals surface area contributed by atoms with Crippen LogP contribution in [0.25, 0.3) is 0 Å². The van der Waals surface area contributed by atoms with Crippen LogP contribution in [-0.2, 0) is 0 Å². The van der Waals surface area contributed by atoms with Crippen LogP contribution >= 0.6 is 0 Å². The summed E-state index contributed by atoms with van der Waals surface area (Å²) in [5.74, 6) is 0.122. The van der Waals surface area contributed by atoms with Crippen LogP contribution in [0.3, 0.4) is 0 Å². The zero-order valence-corrected chi connectivity index (χ0v) is 7.69. The van der Waals surface area contributed by atoms with E-state index in [2.05, 4.69) is 9.68 Å². The highest BCUT2D eigenvalue weighted by Crippen LogP contribution is 2.08. The third kappa shape index (κ3) is 2.47. The zero-order valence-electron chi connectivity index (χ0n) is 7.69. The number of ether oxygens (including phenoxy) is 1. The molecule has 0 fully saturated rings. The maximum absolute atomic E-state index is 11.3. The molecule has 5 heteroatoms. The molecule has 0 saturated carbocycles. The highest BCUT2D eigenvalue weighted by atomic mass is 16.7. The molecule has 0 aliphatic heterocycles. The van der Waals surface area contributed by atoms with Gasteiger partial charge in [0.15, 0.2) is 0 Å². The first-order valence-electron chi connectivity index (χ1n) is 4.15. The molecule has 1 amide bonds. The molecule has 0 aliphatic carbocycles. The third-order valence-electron chi connectivity index (χ3n) is 1.62. The van der Waals surface area contributed by atoms with E-state index in [1.54, 1.807) is 4.90 Å². The van der Waals surface area contributed by atoms with E-state index in [9.17, 15) is 4.79 Å². The lowest BCUT2D eigenvalue weighted by molar-refractivity contribution is 0.141. The average molecular weight is 184 g/mol. The molecule has 1 aromatic heterocycles. The summed E-state index contributed by atoms with van der Waals surface area (Å²) in [4.78, 5) is 12.8. The molecule has 0 bridgehead atoms. The third-order valence-corrected chi connectivity index (χ3v) is 1.62. The summed E-state index contributed by atoms with van der Waals surface area (Å²) in [6.07, 6.45) is 1.01. The number of amides is 1. The van der Waals surface area contributed by atoms with Gasteiger partial charge >= 0.3 is 12.0 Å². The maximum atomic E-state index is 11.3. The zero-order chi connectivity index (χ0) is 9.68. The molecule has 0 aliphatic rings. The molecule has 0 atom stereocenters. The summed E-state index contributed by atoms with van der Waals surface area (Å²) in [5.41, 5.74) is 0. The molecule has 1 aromatic rings. The van der Waals surface area contributed by atoms with Gasteiger partial charge in [-0.25, -0.2) is 4.79 Å². The van der Waals surface area contributed by atoms with Gasteiger partial charge in [-0.2, -0.15) is 0 Å². The highest BCUT2D eigenvalue weighted by Gasteiger charge is 2.13. The minimum absolute atomic E-state index is 0.122. The molecule has 72 valence electrons. The minimum atomic E-state index is -0.415. The van der Waals surface area contributed by atoms with E-state index in [4.69, 9.17) is 4.74 Å². The number of nitrogens with zero attached hydrogens (tertiary/aromatic N) is 2. The highest BCUT2D eigenvalue weighted by molar-refractivity contribution is 5.69. The second-order valence-corrected chi connectivity index (χ2v) is 2.37. The van der Waals surface area contributed by atoms with Gasteiger partial charge in [-0.1, -0.05) is 5.16 Å². The van der Waals surface area contributed by atoms with Gasteiger partial charge in [0.05, 0.1) is 6.20 Å². The maximum Gasteiger partial charge on any atom is 0.417 e. The number of rotatable bonds is 3. The molecule has 0 radical (unpaired) electrons. The van der Waals surface area contributed by atoms with Crippen LogP contribution in [0.15, 0.2) is 16.8 Å². The van der Waals surface area contributed by atoms with E-state index < -0.39 is 6.09 Å². The topological polar surface area (TPSA) is 55.6 Å². The molecule has 0 aromatic carbocycles. The number of hydrogen-bond acceptors (Lipinski definition) is 4. The van der Waals surface area contributed by atoms with Crippen LogP contribution in [0.1, 0.15) is 13.8 Å². The number of carbonyl (C=O) groups excluding carboxylic acids is 1. The fourth-order valence-electron chi connectivity index (χ4n) is 0.889. The lowest BCUT2D eigenvalue weighted by atomic mass is 10.5. The largest absolute Gasteiger partial charge is 0.417 e. The van der Waals surface area contributed by atoms with Crippen molar-refractivity contribution in [3.8, 4) is 5.95 Å². The Morgan fingerprint density at radius 2 is 2.31 bits per heavy atom. The quantitative estimate of drug-likeness (QED) is 0.714. The fraction of sp³-hybridized carbons (Fsp3) is 0.500. The monoisotopic (exact) mass is 184 g/mol. The predicted molar refractivity (Wildman–Crippen MR) is 45.4 cm³/mol. The van der Waals surface area contributed by atoms with Crippen molar-refractivity contribution in [2.24, 2.45) is 0 Å². The van der Waals surface area contributed by atoms with Gasteiger partial charge in [0.1, 0.15) is 0 Å². The van der Waals surface area contributed by atoms with E-state index in [-0.39, 0.29) is 5.95 Å². The summed E-state index contributed by atoms with van der Waals surface area (Å²) in [6.45, 7) is 4.99. The summed E-state index contributed by atoms with van der Waals surface area (Å²) in [5, 5.41) is 3.42. The lowest BCUT2D eigenvalue weighted by Gasteiger charge is -2.16. The smallest absolute Gasteiger partial charge is 0.374 e. The van der Waals surface area contributed by atoms with Crippen LogP contribution in [0.5, 0.6) is 5.95 Å². The normalized spacial score (nSPS) is 9.69. The fourth-order valence-corrected chi connectivity index (χ4v) is 0.889. The van der Waals surface area contributed by atoms with Gasteiger partial charge in [-0.3, -0.25) is 0 Å². The SMILES string of the molecule is CCN(CC)C(=O)Oc1ccno1. The molecule has 1 rings (SSSR count). The predicted octanol–water partition coefficient (Wildman–Crippen LogP) is 1.52. The van der Waals surface area contributed by atoms with Crippen LogP contribution in [-0.4, -0.2) is 29.2 Å². The van der Waals surface area contributed by atoms with E-state index in [0.29, 0.717) is 13.1 Å². The summed E-state index contributed by atoms with van der Waals surface area (Å²) >= 11 is 0. The Hall–Kier alpha value is -1.52. The van der Waals surface area contributed by atoms with Gasteiger partial charge in [0, 0.05) is 19.2 Å². The molecule has 1 heterocycles.